The Bertz CT molecular complexity index is 6260. The summed E-state index contributed by atoms with van der Waals surface area (Å²) in [5.41, 5.74) is 28.9. The van der Waals surface area contributed by atoms with E-state index in [2.05, 4.69) is 407 Å². The first-order chi connectivity index (χ1) is 49.6. The molecule has 0 aliphatic carbocycles. The van der Waals surface area contributed by atoms with Crippen molar-refractivity contribution in [3.05, 3.63) is 388 Å². The number of para-hydroxylation sites is 5. The molecule has 20 aromatic rings. The quantitative estimate of drug-likeness (QED) is 0.130. The Kier molecular flexibility index (Phi) is 14.2. The molecule has 0 aliphatic heterocycles. The van der Waals surface area contributed by atoms with Crippen LogP contribution in [-0.2, 0) is 0 Å². The van der Waals surface area contributed by atoms with Crippen molar-refractivity contribution in [2.45, 2.75) is 0 Å². The van der Waals surface area contributed by atoms with Gasteiger partial charge in [0.1, 0.15) is 0 Å². The molecule has 4 heteroatoms. The van der Waals surface area contributed by atoms with Gasteiger partial charge in [0, 0.05) is 65.8 Å². The van der Waals surface area contributed by atoms with Crippen molar-refractivity contribution in [3.63, 3.8) is 0 Å². The van der Waals surface area contributed by atoms with Gasteiger partial charge in [-0.2, -0.15) is 0 Å². The summed E-state index contributed by atoms with van der Waals surface area (Å²) in [6.45, 7) is 0. The first kappa shape index (κ1) is 58.1. The van der Waals surface area contributed by atoms with E-state index in [1.807, 2.05) is 0 Å². The summed E-state index contributed by atoms with van der Waals surface area (Å²) in [5, 5.41) is 10.0. The molecule has 0 saturated carbocycles. The van der Waals surface area contributed by atoms with E-state index < -0.39 is 0 Å². The number of fused-ring (bicyclic) bond motifs is 12. The molecule has 0 bridgehead atoms. The van der Waals surface area contributed by atoms with Crippen LogP contribution in [0.4, 0.5) is 0 Å². The lowest BCUT2D eigenvalue weighted by molar-refractivity contribution is 1.18. The maximum Gasteiger partial charge on any atom is 0.0541 e. The molecule has 20 rings (SSSR count). The molecule has 0 radical (unpaired) electrons. The molecule has 0 unspecified atom stereocenters. The van der Waals surface area contributed by atoms with Crippen LogP contribution in [-0.4, -0.2) is 18.3 Å². The zero-order chi connectivity index (χ0) is 66.0. The summed E-state index contributed by atoms with van der Waals surface area (Å²) in [6, 6.07) is 141. The highest BCUT2D eigenvalue weighted by Gasteiger charge is 2.20. The third-order valence-electron chi connectivity index (χ3n) is 20.3. The molecule has 468 valence electrons. The molecule has 0 aliphatic rings. The SMILES string of the molecule is c1ccc(-c2ccc(-n3c4ccccc4c4cc(-c5ccc6c(c5)c5ccccc5n6-c5ccc(-c6ccccc6)cc5)ccc43)cc2)cc1.c1ccc(-c2ccc(-n3c4ccccc4c4cc(-c5ccc6c(c5)c5ccccc5n6-c5ccccc5)ccc43)cc2-c2ccccc2)cc1. The predicted octanol–water partition coefficient (Wildman–Crippen LogP) is 25.8. The maximum atomic E-state index is 2.42. The lowest BCUT2D eigenvalue weighted by Crippen LogP contribution is -1.96. The Morgan fingerprint density at radius 3 is 0.690 bits per heavy atom. The summed E-state index contributed by atoms with van der Waals surface area (Å²) in [5.74, 6) is 0. The number of hydrogen-bond acceptors (Lipinski definition) is 0. The summed E-state index contributed by atoms with van der Waals surface area (Å²) >= 11 is 0. The fraction of sp³-hybridized carbons (Fsp3) is 0. The van der Waals surface area contributed by atoms with Crippen LogP contribution in [0, 0.1) is 0 Å². The predicted molar refractivity (Wildman–Crippen MR) is 423 cm³/mol. The van der Waals surface area contributed by atoms with Gasteiger partial charge in [-0.1, -0.05) is 267 Å². The van der Waals surface area contributed by atoms with Gasteiger partial charge in [0.05, 0.1) is 44.1 Å². The van der Waals surface area contributed by atoms with E-state index >= 15 is 0 Å². The van der Waals surface area contributed by atoms with Gasteiger partial charge in [0.25, 0.3) is 0 Å². The third kappa shape index (κ3) is 10.00. The van der Waals surface area contributed by atoms with Crippen LogP contribution >= 0.6 is 0 Å². The molecular weight excluding hydrogens is 1210 g/mol. The minimum Gasteiger partial charge on any atom is -0.309 e. The highest BCUT2D eigenvalue weighted by molar-refractivity contribution is 6.15. The molecule has 16 aromatic carbocycles. The maximum absolute atomic E-state index is 2.42. The zero-order valence-electron chi connectivity index (χ0n) is 54.7. The molecule has 0 amide bonds. The molecule has 4 aromatic heterocycles. The van der Waals surface area contributed by atoms with Crippen LogP contribution in [0.3, 0.4) is 0 Å². The van der Waals surface area contributed by atoms with E-state index in [0.29, 0.717) is 0 Å². The van der Waals surface area contributed by atoms with Gasteiger partial charge in [-0.15, -0.1) is 0 Å². The Morgan fingerprint density at radius 2 is 0.350 bits per heavy atom. The normalized spacial score (nSPS) is 11.6. The number of aromatic nitrogens is 4. The number of rotatable bonds is 10. The molecule has 0 fully saturated rings. The highest BCUT2D eigenvalue weighted by atomic mass is 15.0. The molecule has 4 heterocycles. The van der Waals surface area contributed by atoms with Crippen molar-refractivity contribution < 1.29 is 0 Å². The molecule has 0 N–H and O–H groups in total. The smallest absolute Gasteiger partial charge is 0.0541 e. The summed E-state index contributed by atoms with van der Waals surface area (Å²) in [4.78, 5) is 0. The van der Waals surface area contributed by atoms with Gasteiger partial charge in [0.2, 0.25) is 0 Å². The number of hydrogen-bond donors (Lipinski definition) is 0. The standard InChI is InChI=1S/2C48H32N2/c1-4-14-33(15-5-1)39-27-26-38(32-42(39)34-16-6-2-7-17-34)50-46-23-13-11-21-41(46)44-31-36(25-29-48(44)50)35-24-28-47-43(30-35)40-20-10-12-22-45(40)49(47)37-18-8-3-9-19-37;1-3-11-33(12-4-1)35-19-25-39(26-20-35)49-45-17-9-7-15-41(45)43-31-37(23-29-47(43)49)38-24-30-48-44(32-38)42-16-8-10-18-46(42)50(48)40-27-21-36(22-28-40)34-13-5-2-6-14-34/h2*1-32H. The molecule has 100 heavy (non-hydrogen) atoms. The highest BCUT2D eigenvalue weighted by Crippen LogP contribution is 2.43. The molecule has 0 saturated heterocycles. The molecular formula is C96H64N4. The van der Waals surface area contributed by atoms with Crippen LogP contribution in [0.2, 0.25) is 0 Å². The number of nitrogens with zero attached hydrogens (tertiary/aromatic N) is 4. The Balaban J connectivity index is 0.000000139. The second kappa shape index (κ2) is 24.4. The van der Waals surface area contributed by atoms with Crippen molar-refractivity contribution >= 4 is 87.2 Å². The average molecular weight is 1270 g/mol. The minimum atomic E-state index is 1.15. The van der Waals surface area contributed by atoms with Gasteiger partial charge < -0.3 is 18.3 Å². The van der Waals surface area contributed by atoms with Crippen LogP contribution in [0.25, 0.3) is 177 Å². The van der Waals surface area contributed by atoms with Crippen LogP contribution in [0.15, 0.2) is 388 Å². The van der Waals surface area contributed by atoms with Crippen molar-refractivity contribution in [3.8, 4) is 89.5 Å². The fourth-order valence-electron chi connectivity index (χ4n) is 15.6. The molecule has 4 nitrogen and oxygen atoms in total. The van der Waals surface area contributed by atoms with Crippen molar-refractivity contribution in [1.29, 1.82) is 0 Å². The van der Waals surface area contributed by atoms with Crippen LogP contribution < -0.4 is 0 Å². The largest absolute Gasteiger partial charge is 0.309 e. The zero-order valence-corrected chi connectivity index (χ0v) is 54.7. The first-order valence-corrected chi connectivity index (χ1v) is 34.4. The van der Waals surface area contributed by atoms with Gasteiger partial charge in [-0.05, 0) is 188 Å². The van der Waals surface area contributed by atoms with E-state index in [-0.39, 0.29) is 0 Å². The van der Waals surface area contributed by atoms with Gasteiger partial charge in [-0.25, -0.2) is 0 Å². The van der Waals surface area contributed by atoms with E-state index in [9.17, 15) is 0 Å². The summed E-state index contributed by atoms with van der Waals surface area (Å²) in [7, 11) is 0. The van der Waals surface area contributed by atoms with E-state index in [4.69, 9.17) is 0 Å². The second-order valence-corrected chi connectivity index (χ2v) is 26.0. The van der Waals surface area contributed by atoms with Crippen molar-refractivity contribution in [2.24, 2.45) is 0 Å². The summed E-state index contributed by atoms with van der Waals surface area (Å²) in [6.07, 6.45) is 0. The van der Waals surface area contributed by atoms with E-state index in [1.54, 1.807) is 0 Å². The van der Waals surface area contributed by atoms with Crippen LogP contribution in [0.5, 0.6) is 0 Å². The molecule has 0 atom stereocenters. The number of benzene rings is 16. The topological polar surface area (TPSA) is 19.7 Å². The Hall–Kier alpha value is -13.3. The second-order valence-electron chi connectivity index (χ2n) is 26.0. The van der Waals surface area contributed by atoms with E-state index in [0.717, 1.165) is 17.1 Å². The lowest BCUT2D eigenvalue weighted by Gasteiger charge is -2.15. The van der Waals surface area contributed by atoms with Gasteiger partial charge >= 0.3 is 0 Å². The van der Waals surface area contributed by atoms with Crippen LogP contribution in [0.1, 0.15) is 0 Å². The van der Waals surface area contributed by atoms with E-state index in [1.165, 1.54) is 160 Å². The minimum absolute atomic E-state index is 1.15. The van der Waals surface area contributed by atoms with Crippen molar-refractivity contribution in [2.75, 3.05) is 0 Å². The van der Waals surface area contributed by atoms with Gasteiger partial charge in [0.15, 0.2) is 0 Å². The third-order valence-corrected chi connectivity index (χ3v) is 20.3. The van der Waals surface area contributed by atoms with Gasteiger partial charge in [-0.3, -0.25) is 0 Å². The fourth-order valence-corrected chi connectivity index (χ4v) is 15.6. The first-order valence-electron chi connectivity index (χ1n) is 34.4. The molecule has 0 spiro atoms. The Morgan fingerprint density at radius 1 is 0.120 bits per heavy atom. The summed E-state index contributed by atoms with van der Waals surface area (Å²) < 4.78 is 9.58. The van der Waals surface area contributed by atoms with Crippen molar-refractivity contribution in [1.82, 2.24) is 18.3 Å². The Labute approximate surface area is 579 Å². The lowest BCUT2D eigenvalue weighted by atomic mass is 9.94. The average Bonchev–Trinajstić information content (AvgIpc) is 1.60. The monoisotopic (exact) mass is 1270 g/mol.